The summed E-state index contributed by atoms with van der Waals surface area (Å²) in [5, 5.41) is 7.50. The number of nitrogens with zero attached hydrogens (tertiary/aromatic N) is 1. The van der Waals surface area contributed by atoms with Crippen LogP contribution in [-0.4, -0.2) is 42.6 Å². The third kappa shape index (κ3) is 5.49. The number of hydrogen-bond acceptors (Lipinski definition) is 6. The number of methoxy groups -OCH3 is 1. The van der Waals surface area contributed by atoms with Gasteiger partial charge in [-0.15, -0.1) is 0 Å². The number of amides is 2. The number of pyridine rings is 1. The first-order valence-corrected chi connectivity index (χ1v) is 13.1. The molecule has 2 aliphatic rings. The molecule has 3 heterocycles. The van der Waals surface area contributed by atoms with Gasteiger partial charge in [-0.3, -0.25) is 14.9 Å². The molecule has 2 atom stereocenters. The van der Waals surface area contributed by atoms with Gasteiger partial charge in [0, 0.05) is 48.0 Å². The number of carbonyl (C=O) groups excluding carboxylic acids is 2. The molecule has 0 fully saturated rings. The van der Waals surface area contributed by atoms with E-state index in [2.05, 4.69) is 15.6 Å². The van der Waals surface area contributed by atoms with Gasteiger partial charge < -0.3 is 24.7 Å². The van der Waals surface area contributed by atoms with E-state index in [-0.39, 0.29) is 30.5 Å². The molecular formula is C31H32N4O5. The van der Waals surface area contributed by atoms with Gasteiger partial charge in [0.2, 0.25) is 5.91 Å². The van der Waals surface area contributed by atoms with Crippen molar-refractivity contribution in [3.8, 4) is 5.75 Å². The van der Waals surface area contributed by atoms with E-state index in [1.807, 2.05) is 50.2 Å². The van der Waals surface area contributed by atoms with Crippen LogP contribution in [0, 0.1) is 6.92 Å². The Balaban J connectivity index is 1.58. The van der Waals surface area contributed by atoms with Crippen LogP contribution in [0.15, 0.2) is 71.7 Å². The molecule has 0 aliphatic carbocycles. The summed E-state index contributed by atoms with van der Waals surface area (Å²) in [4.78, 5) is 43.3. The Labute approximate surface area is 232 Å². The number of fused-ring (bicyclic) bond motifs is 10. The van der Waals surface area contributed by atoms with Crippen molar-refractivity contribution in [2.75, 3.05) is 31.4 Å². The summed E-state index contributed by atoms with van der Waals surface area (Å²) in [7, 11) is 3.29. The zero-order valence-electron chi connectivity index (χ0n) is 22.9. The quantitative estimate of drug-likeness (QED) is 0.324. The first-order chi connectivity index (χ1) is 19.2. The van der Waals surface area contributed by atoms with E-state index in [4.69, 9.17) is 9.47 Å². The van der Waals surface area contributed by atoms with E-state index < -0.39 is 12.1 Å². The molecule has 0 spiro atoms. The van der Waals surface area contributed by atoms with Gasteiger partial charge >= 0.3 is 6.09 Å². The normalized spacial score (nSPS) is 17.9. The molecule has 0 unspecified atom stereocenters. The molecule has 1 aromatic heterocycles. The number of aromatic nitrogens is 1. The van der Waals surface area contributed by atoms with Crippen molar-refractivity contribution >= 4 is 34.1 Å². The Morgan fingerprint density at radius 1 is 1.02 bits per heavy atom. The molecule has 9 nitrogen and oxygen atoms in total. The Morgan fingerprint density at radius 2 is 1.85 bits per heavy atom. The number of hydrogen-bond donors (Lipinski definition) is 3. The maximum absolute atomic E-state index is 14.1. The minimum absolute atomic E-state index is 0.0591. The highest BCUT2D eigenvalue weighted by molar-refractivity contribution is 5.89. The Bertz CT molecular complexity index is 1650. The van der Waals surface area contributed by atoms with Crippen molar-refractivity contribution in [2.45, 2.75) is 32.4 Å². The van der Waals surface area contributed by atoms with Crippen LogP contribution in [0.5, 0.6) is 5.75 Å². The van der Waals surface area contributed by atoms with Crippen molar-refractivity contribution in [2.24, 2.45) is 0 Å². The largest absolute Gasteiger partial charge is 0.496 e. The third-order valence-corrected chi connectivity index (χ3v) is 7.27. The molecule has 3 N–H and O–H groups in total. The molecule has 4 aromatic rings. The predicted octanol–water partition coefficient (Wildman–Crippen LogP) is 5.32. The number of ether oxygens (including phenoxy) is 2. The number of aromatic amines is 1. The number of H-pyrrole nitrogens is 1. The van der Waals surface area contributed by atoms with Crippen LogP contribution >= 0.6 is 0 Å². The summed E-state index contributed by atoms with van der Waals surface area (Å²) in [5.41, 5.74) is 4.49. The van der Waals surface area contributed by atoms with Crippen molar-refractivity contribution in [3.05, 3.63) is 99.5 Å². The van der Waals surface area contributed by atoms with Gasteiger partial charge in [-0.2, -0.15) is 0 Å². The number of carbonyl (C=O) groups is 2. The minimum Gasteiger partial charge on any atom is -0.496 e. The van der Waals surface area contributed by atoms with Gasteiger partial charge in [-0.05, 0) is 65.4 Å². The highest BCUT2D eigenvalue weighted by atomic mass is 16.5. The lowest BCUT2D eigenvalue weighted by Gasteiger charge is -2.27. The number of aryl methyl sites for hydroxylation is 1. The summed E-state index contributed by atoms with van der Waals surface area (Å²) < 4.78 is 11.0. The lowest BCUT2D eigenvalue weighted by atomic mass is 9.93. The van der Waals surface area contributed by atoms with Gasteiger partial charge in [-0.1, -0.05) is 31.2 Å². The van der Waals surface area contributed by atoms with Crippen LogP contribution in [0.3, 0.4) is 0 Å². The van der Waals surface area contributed by atoms with Crippen molar-refractivity contribution in [3.63, 3.8) is 0 Å². The molecule has 2 aliphatic heterocycles. The van der Waals surface area contributed by atoms with Gasteiger partial charge in [0.05, 0.1) is 13.7 Å². The zero-order valence-corrected chi connectivity index (χ0v) is 22.9. The van der Waals surface area contributed by atoms with E-state index in [9.17, 15) is 14.4 Å². The van der Waals surface area contributed by atoms with Crippen molar-refractivity contribution in [1.29, 1.82) is 0 Å². The maximum Gasteiger partial charge on any atom is 0.411 e. The molecule has 0 radical (unpaired) electrons. The number of nitrogens with one attached hydrogen (secondary N) is 3. The molecule has 40 heavy (non-hydrogen) atoms. The summed E-state index contributed by atoms with van der Waals surface area (Å²) in [6.45, 7) is 4.40. The predicted molar refractivity (Wildman–Crippen MR) is 155 cm³/mol. The molecule has 0 saturated carbocycles. The number of rotatable bonds is 3. The van der Waals surface area contributed by atoms with Crippen LogP contribution in [0.2, 0.25) is 0 Å². The lowest BCUT2D eigenvalue weighted by Crippen LogP contribution is -2.35. The van der Waals surface area contributed by atoms with Crippen LogP contribution in [0.25, 0.3) is 10.8 Å². The SMILES string of the molecule is COc1ccc2cc1CN(C)C(=O)[C@H](Nc1ccc3cc[nH]c(=O)c3c1)c1ccc(c(C)c1)[C@@H](C)COC(=O)N2. The lowest BCUT2D eigenvalue weighted by molar-refractivity contribution is -0.131. The van der Waals surface area contributed by atoms with Crippen molar-refractivity contribution in [1.82, 2.24) is 9.88 Å². The third-order valence-electron chi connectivity index (χ3n) is 7.27. The summed E-state index contributed by atoms with van der Waals surface area (Å²) in [6.07, 6.45) is 1.07. The standard InChI is InChI=1S/C31H32N4O5/c1-18-13-21-6-9-25(18)19(2)17-40-31(38)34-23-8-10-27(39-4)22(14-23)16-35(3)30(37)28(21)33-24-7-5-20-11-12-32-29(36)26(20)15-24/h5-15,19,28,33H,16-17H2,1-4H3,(H,32,36)(H,34,38)/t19-,28+/m0/s1. The number of likely N-dealkylation sites (N-methyl/N-ethyl adjacent to an activating group) is 1. The molecule has 4 bridgehead atoms. The average Bonchev–Trinajstić information content (AvgIpc) is 2.94. The van der Waals surface area contributed by atoms with E-state index in [0.717, 1.165) is 27.6 Å². The summed E-state index contributed by atoms with van der Waals surface area (Å²) in [6, 6.07) is 17.7. The van der Waals surface area contributed by atoms with E-state index in [1.165, 1.54) is 0 Å². The topological polar surface area (TPSA) is 113 Å². The molecular weight excluding hydrogens is 508 g/mol. The Hall–Kier alpha value is -4.79. The second-order valence-electron chi connectivity index (χ2n) is 10.1. The van der Waals surface area contributed by atoms with Gasteiger partial charge in [-0.25, -0.2) is 4.79 Å². The molecule has 0 saturated heterocycles. The van der Waals surface area contributed by atoms with E-state index in [0.29, 0.717) is 22.5 Å². The summed E-state index contributed by atoms with van der Waals surface area (Å²) >= 11 is 0. The maximum atomic E-state index is 14.1. The summed E-state index contributed by atoms with van der Waals surface area (Å²) in [5.74, 6) is 0.358. The first kappa shape index (κ1) is 26.8. The van der Waals surface area contributed by atoms with Gasteiger partial charge in [0.25, 0.3) is 5.56 Å². The molecule has 206 valence electrons. The second kappa shape index (κ2) is 11.1. The number of benzene rings is 3. The van der Waals surface area contributed by atoms with Crippen LogP contribution < -0.4 is 20.9 Å². The fraction of sp³-hybridized carbons (Fsp3) is 0.258. The van der Waals surface area contributed by atoms with Gasteiger partial charge in [0.1, 0.15) is 11.8 Å². The molecule has 3 aromatic carbocycles. The molecule has 9 heteroatoms. The Morgan fingerprint density at radius 3 is 2.62 bits per heavy atom. The first-order valence-electron chi connectivity index (χ1n) is 13.1. The Kier molecular flexibility index (Phi) is 7.46. The highest BCUT2D eigenvalue weighted by Gasteiger charge is 2.26. The van der Waals surface area contributed by atoms with Crippen LogP contribution in [0.4, 0.5) is 16.2 Å². The monoisotopic (exact) mass is 540 g/mol. The molecule has 6 rings (SSSR count). The zero-order chi connectivity index (χ0) is 28.4. The highest BCUT2D eigenvalue weighted by Crippen LogP contribution is 2.30. The van der Waals surface area contributed by atoms with Crippen LogP contribution in [0.1, 0.15) is 41.1 Å². The van der Waals surface area contributed by atoms with E-state index >= 15 is 0 Å². The van der Waals surface area contributed by atoms with Crippen molar-refractivity contribution < 1.29 is 19.1 Å². The van der Waals surface area contributed by atoms with E-state index in [1.54, 1.807) is 49.5 Å². The molecule has 2 amide bonds. The number of anilines is 2. The smallest absolute Gasteiger partial charge is 0.411 e. The fourth-order valence-corrected chi connectivity index (χ4v) is 5.14. The fourth-order valence-electron chi connectivity index (χ4n) is 5.14. The average molecular weight is 541 g/mol. The minimum atomic E-state index is -0.730. The van der Waals surface area contributed by atoms with Crippen LogP contribution in [-0.2, 0) is 16.1 Å². The second-order valence-corrected chi connectivity index (χ2v) is 10.1. The van der Waals surface area contributed by atoms with Gasteiger partial charge in [0.15, 0.2) is 0 Å².